The van der Waals surface area contributed by atoms with Gasteiger partial charge in [-0.2, -0.15) is 0 Å². The Labute approximate surface area is 174 Å². The molecule has 2 fully saturated rings. The minimum atomic E-state index is 0.175. The van der Waals surface area contributed by atoms with E-state index in [9.17, 15) is 4.79 Å². The quantitative estimate of drug-likeness (QED) is 0.411. The standard InChI is InChI=1S/C21H35N7O/c1-2-22-20(26-12-11-23-19(29)17-18-7-4-3-5-8-18)27-13-15-28(16-14-27)21-24-9-6-10-25-21/h6,9-10,18H,2-5,7-8,11-17H2,1H3,(H,22,26)(H,23,29). The number of piperazine rings is 1. The lowest BCUT2D eigenvalue weighted by Crippen LogP contribution is -2.53. The van der Waals surface area contributed by atoms with Gasteiger partial charge in [-0.25, -0.2) is 9.97 Å². The average Bonchev–Trinajstić information content (AvgIpc) is 2.77. The lowest BCUT2D eigenvalue weighted by atomic mass is 9.87. The minimum absolute atomic E-state index is 0.175. The van der Waals surface area contributed by atoms with Crippen molar-refractivity contribution in [2.75, 3.05) is 50.7 Å². The van der Waals surface area contributed by atoms with E-state index >= 15 is 0 Å². The molecule has 1 saturated heterocycles. The number of rotatable bonds is 7. The first-order valence-electron chi connectivity index (χ1n) is 11.1. The number of carbonyl (C=O) groups is 1. The zero-order valence-corrected chi connectivity index (χ0v) is 17.6. The largest absolute Gasteiger partial charge is 0.357 e. The summed E-state index contributed by atoms with van der Waals surface area (Å²) in [5, 5.41) is 6.42. The number of aromatic nitrogens is 2. The molecule has 0 bridgehead atoms. The molecular formula is C21H35N7O. The molecular weight excluding hydrogens is 366 g/mol. The molecule has 0 spiro atoms. The highest BCUT2D eigenvalue weighted by molar-refractivity contribution is 5.80. The van der Waals surface area contributed by atoms with Crippen molar-refractivity contribution in [2.45, 2.75) is 45.4 Å². The number of guanidine groups is 1. The van der Waals surface area contributed by atoms with Crippen molar-refractivity contribution in [3.05, 3.63) is 18.5 Å². The van der Waals surface area contributed by atoms with E-state index in [1.54, 1.807) is 12.4 Å². The highest BCUT2D eigenvalue weighted by Gasteiger charge is 2.21. The number of hydrogen-bond acceptors (Lipinski definition) is 5. The van der Waals surface area contributed by atoms with E-state index in [4.69, 9.17) is 4.99 Å². The van der Waals surface area contributed by atoms with Crippen molar-refractivity contribution in [3.8, 4) is 0 Å². The fourth-order valence-corrected chi connectivity index (χ4v) is 4.08. The molecule has 3 rings (SSSR count). The molecule has 1 aliphatic heterocycles. The average molecular weight is 402 g/mol. The summed E-state index contributed by atoms with van der Waals surface area (Å²) >= 11 is 0. The predicted octanol–water partition coefficient (Wildman–Crippen LogP) is 1.65. The Morgan fingerprint density at radius 1 is 1.10 bits per heavy atom. The van der Waals surface area contributed by atoms with Crippen LogP contribution in [-0.2, 0) is 4.79 Å². The topological polar surface area (TPSA) is 85.8 Å². The summed E-state index contributed by atoms with van der Waals surface area (Å²) < 4.78 is 0. The van der Waals surface area contributed by atoms with Crippen LogP contribution < -0.4 is 15.5 Å². The van der Waals surface area contributed by atoms with Gasteiger partial charge in [-0.3, -0.25) is 9.79 Å². The van der Waals surface area contributed by atoms with E-state index in [1.165, 1.54) is 32.1 Å². The van der Waals surface area contributed by atoms with Crippen molar-refractivity contribution in [3.63, 3.8) is 0 Å². The van der Waals surface area contributed by atoms with Crippen molar-refractivity contribution in [2.24, 2.45) is 10.9 Å². The zero-order valence-electron chi connectivity index (χ0n) is 17.6. The summed E-state index contributed by atoms with van der Waals surface area (Å²) in [5.74, 6) is 2.46. The van der Waals surface area contributed by atoms with Gasteiger partial charge in [-0.1, -0.05) is 19.3 Å². The molecule has 1 amide bonds. The van der Waals surface area contributed by atoms with Gasteiger partial charge in [0, 0.05) is 58.1 Å². The molecule has 2 aliphatic rings. The Morgan fingerprint density at radius 3 is 2.52 bits per heavy atom. The van der Waals surface area contributed by atoms with Gasteiger partial charge in [0.1, 0.15) is 0 Å². The van der Waals surface area contributed by atoms with Crippen LogP contribution >= 0.6 is 0 Å². The number of hydrogen-bond donors (Lipinski definition) is 2. The monoisotopic (exact) mass is 401 g/mol. The van der Waals surface area contributed by atoms with Crippen molar-refractivity contribution in [1.29, 1.82) is 0 Å². The number of nitrogens with zero attached hydrogens (tertiary/aromatic N) is 5. The molecule has 8 nitrogen and oxygen atoms in total. The van der Waals surface area contributed by atoms with Crippen LogP contribution in [0.4, 0.5) is 5.95 Å². The van der Waals surface area contributed by atoms with Crippen LogP contribution in [0, 0.1) is 5.92 Å². The van der Waals surface area contributed by atoms with Crippen LogP contribution in [0.5, 0.6) is 0 Å². The molecule has 29 heavy (non-hydrogen) atoms. The lowest BCUT2D eigenvalue weighted by Gasteiger charge is -2.36. The highest BCUT2D eigenvalue weighted by Crippen LogP contribution is 2.25. The second-order valence-corrected chi connectivity index (χ2v) is 7.82. The summed E-state index contributed by atoms with van der Waals surface area (Å²) in [4.78, 5) is 30.0. The fourth-order valence-electron chi connectivity index (χ4n) is 4.08. The van der Waals surface area contributed by atoms with Gasteiger partial charge >= 0.3 is 0 Å². The number of nitrogens with one attached hydrogen (secondary N) is 2. The van der Waals surface area contributed by atoms with Crippen LogP contribution in [0.3, 0.4) is 0 Å². The first-order chi connectivity index (χ1) is 14.3. The molecule has 0 aromatic carbocycles. The second kappa shape index (κ2) is 11.6. The summed E-state index contributed by atoms with van der Waals surface area (Å²) in [7, 11) is 0. The molecule has 2 heterocycles. The first kappa shape index (κ1) is 21.3. The molecule has 0 unspecified atom stereocenters. The molecule has 1 aliphatic carbocycles. The van der Waals surface area contributed by atoms with E-state index < -0.39 is 0 Å². The van der Waals surface area contributed by atoms with Crippen LogP contribution in [-0.4, -0.2) is 72.5 Å². The Hall–Kier alpha value is -2.38. The molecule has 1 aromatic heterocycles. The van der Waals surface area contributed by atoms with Gasteiger partial charge in [-0.05, 0) is 31.7 Å². The number of anilines is 1. The smallest absolute Gasteiger partial charge is 0.225 e. The second-order valence-electron chi connectivity index (χ2n) is 7.82. The van der Waals surface area contributed by atoms with Gasteiger partial charge in [0.05, 0.1) is 6.54 Å². The normalized spacial score (nSPS) is 18.6. The molecule has 0 radical (unpaired) electrons. The maximum atomic E-state index is 12.2. The first-order valence-corrected chi connectivity index (χ1v) is 11.1. The lowest BCUT2D eigenvalue weighted by molar-refractivity contribution is -0.122. The Kier molecular flexibility index (Phi) is 8.52. The van der Waals surface area contributed by atoms with E-state index in [0.717, 1.165) is 44.6 Å². The Bertz CT molecular complexity index is 638. The van der Waals surface area contributed by atoms with Crippen molar-refractivity contribution >= 4 is 17.8 Å². The molecule has 1 aromatic rings. The van der Waals surface area contributed by atoms with Crippen LogP contribution in [0.25, 0.3) is 0 Å². The fraction of sp³-hybridized carbons (Fsp3) is 0.714. The summed E-state index contributed by atoms with van der Waals surface area (Å²) in [6.45, 7) is 7.58. The summed E-state index contributed by atoms with van der Waals surface area (Å²) in [6.07, 6.45) is 10.5. The molecule has 1 saturated carbocycles. The maximum absolute atomic E-state index is 12.2. The SMILES string of the molecule is CCNC(=NCCNC(=O)CC1CCCCC1)N1CCN(c2ncccn2)CC1. The van der Waals surface area contributed by atoms with Crippen LogP contribution in [0.15, 0.2) is 23.5 Å². The van der Waals surface area contributed by atoms with E-state index in [0.29, 0.717) is 25.4 Å². The third-order valence-electron chi connectivity index (χ3n) is 5.64. The van der Waals surface area contributed by atoms with Gasteiger partial charge < -0.3 is 20.4 Å². The molecule has 160 valence electrons. The molecule has 2 N–H and O–H groups in total. The molecule has 0 atom stereocenters. The predicted molar refractivity (Wildman–Crippen MR) is 116 cm³/mol. The third-order valence-corrected chi connectivity index (χ3v) is 5.64. The van der Waals surface area contributed by atoms with Gasteiger partial charge in [0.2, 0.25) is 11.9 Å². The third kappa shape index (κ3) is 6.87. The van der Waals surface area contributed by atoms with Gasteiger partial charge in [0.25, 0.3) is 0 Å². The Balaban J connectivity index is 1.40. The van der Waals surface area contributed by atoms with Crippen LogP contribution in [0.2, 0.25) is 0 Å². The summed E-state index contributed by atoms with van der Waals surface area (Å²) in [6, 6.07) is 1.84. The summed E-state index contributed by atoms with van der Waals surface area (Å²) in [5.41, 5.74) is 0. The van der Waals surface area contributed by atoms with E-state index in [2.05, 4.69) is 37.3 Å². The minimum Gasteiger partial charge on any atom is -0.357 e. The van der Waals surface area contributed by atoms with E-state index in [1.807, 2.05) is 6.07 Å². The van der Waals surface area contributed by atoms with Crippen molar-refractivity contribution in [1.82, 2.24) is 25.5 Å². The van der Waals surface area contributed by atoms with E-state index in [-0.39, 0.29) is 5.91 Å². The van der Waals surface area contributed by atoms with Crippen LogP contribution in [0.1, 0.15) is 45.4 Å². The highest BCUT2D eigenvalue weighted by atomic mass is 16.1. The maximum Gasteiger partial charge on any atom is 0.225 e. The number of amides is 1. The molecule has 8 heteroatoms. The number of carbonyl (C=O) groups excluding carboxylic acids is 1. The Morgan fingerprint density at radius 2 is 1.83 bits per heavy atom. The van der Waals surface area contributed by atoms with Gasteiger partial charge in [-0.15, -0.1) is 0 Å². The van der Waals surface area contributed by atoms with Gasteiger partial charge in [0.15, 0.2) is 5.96 Å². The van der Waals surface area contributed by atoms with Crippen molar-refractivity contribution < 1.29 is 4.79 Å². The number of aliphatic imine (C=N–C) groups is 1. The zero-order chi connectivity index (χ0) is 20.3.